The zero-order chi connectivity index (χ0) is 10.7. The fraction of sp³-hybridized carbons (Fsp3) is 0. The number of halogens is 1. The predicted molar refractivity (Wildman–Crippen MR) is 57.2 cm³/mol. The first-order chi connectivity index (χ1) is 7.31. The molecule has 2 rings (SSSR count). The topological polar surface area (TPSA) is 49.6 Å². The zero-order valence-electron chi connectivity index (χ0n) is 7.68. The van der Waals surface area contributed by atoms with Crippen molar-refractivity contribution in [3.8, 4) is 17.3 Å². The van der Waals surface area contributed by atoms with E-state index in [1.54, 1.807) is 0 Å². The molecule has 0 saturated heterocycles. The summed E-state index contributed by atoms with van der Waals surface area (Å²) in [7, 11) is 0. The van der Waals surface area contributed by atoms with Crippen molar-refractivity contribution in [3.05, 3.63) is 47.4 Å². The highest BCUT2D eigenvalue weighted by Gasteiger charge is 2.07. The van der Waals surface area contributed by atoms with Crippen molar-refractivity contribution in [1.82, 2.24) is 9.97 Å². The molecular weight excluding hydrogens is 210 g/mol. The Hall–Kier alpha value is -1.92. The third kappa shape index (κ3) is 1.95. The van der Waals surface area contributed by atoms with Gasteiger partial charge in [0.25, 0.3) is 0 Å². The average Bonchev–Trinajstić information content (AvgIpc) is 2.30. The fourth-order valence-electron chi connectivity index (χ4n) is 1.26. The van der Waals surface area contributed by atoms with Crippen molar-refractivity contribution in [2.45, 2.75) is 0 Å². The van der Waals surface area contributed by atoms with Crippen LogP contribution in [0.3, 0.4) is 0 Å². The van der Waals surface area contributed by atoms with Gasteiger partial charge in [-0.1, -0.05) is 30.3 Å². The van der Waals surface area contributed by atoms with Gasteiger partial charge in [-0.15, -0.1) is 0 Å². The maximum absolute atomic E-state index is 8.90. The first-order valence-corrected chi connectivity index (χ1v) is 4.67. The smallest absolute Gasteiger partial charge is 0.222 e. The molecule has 0 saturated carbocycles. The first kappa shape index (κ1) is 9.63. The highest BCUT2D eigenvalue weighted by Crippen LogP contribution is 2.21. The van der Waals surface area contributed by atoms with Crippen LogP contribution in [0.1, 0.15) is 5.56 Å². The normalized spacial score (nSPS) is 9.60. The molecule has 1 heterocycles. The maximum Gasteiger partial charge on any atom is 0.222 e. The third-order valence-electron chi connectivity index (χ3n) is 1.93. The van der Waals surface area contributed by atoms with E-state index in [1.165, 1.54) is 6.20 Å². The minimum Gasteiger partial charge on any atom is -0.225 e. The van der Waals surface area contributed by atoms with Crippen molar-refractivity contribution < 1.29 is 0 Å². The SMILES string of the molecule is N#Cc1cnc(Cl)nc1-c1ccccc1. The number of hydrogen-bond donors (Lipinski definition) is 0. The molecule has 15 heavy (non-hydrogen) atoms. The van der Waals surface area contributed by atoms with Crippen LogP contribution in [0.15, 0.2) is 36.5 Å². The molecule has 3 nitrogen and oxygen atoms in total. The van der Waals surface area contributed by atoms with Crippen LogP contribution in [-0.4, -0.2) is 9.97 Å². The van der Waals surface area contributed by atoms with Gasteiger partial charge in [0, 0.05) is 5.56 Å². The van der Waals surface area contributed by atoms with Gasteiger partial charge in [-0.3, -0.25) is 0 Å². The van der Waals surface area contributed by atoms with E-state index < -0.39 is 0 Å². The van der Waals surface area contributed by atoms with E-state index in [4.69, 9.17) is 16.9 Å². The van der Waals surface area contributed by atoms with Crippen molar-refractivity contribution in [2.75, 3.05) is 0 Å². The Morgan fingerprint density at radius 1 is 1.20 bits per heavy atom. The summed E-state index contributed by atoms with van der Waals surface area (Å²) in [5.74, 6) is 0. The fourth-order valence-corrected chi connectivity index (χ4v) is 1.39. The maximum atomic E-state index is 8.90. The van der Waals surface area contributed by atoms with Gasteiger partial charge in [0.1, 0.15) is 6.07 Å². The van der Waals surface area contributed by atoms with E-state index in [2.05, 4.69) is 9.97 Å². The van der Waals surface area contributed by atoms with Crippen LogP contribution in [0.2, 0.25) is 5.28 Å². The molecule has 2 aromatic rings. The Morgan fingerprint density at radius 3 is 2.60 bits per heavy atom. The molecule has 0 N–H and O–H groups in total. The summed E-state index contributed by atoms with van der Waals surface area (Å²) in [6.07, 6.45) is 1.43. The summed E-state index contributed by atoms with van der Waals surface area (Å²) >= 11 is 5.69. The Morgan fingerprint density at radius 2 is 1.93 bits per heavy atom. The summed E-state index contributed by atoms with van der Waals surface area (Å²) in [5.41, 5.74) is 1.85. The lowest BCUT2D eigenvalue weighted by atomic mass is 10.1. The van der Waals surface area contributed by atoms with Crippen LogP contribution in [-0.2, 0) is 0 Å². The first-order valence-electron chi connectivity index (χ1n) is 4.29. The van der Waals surface area contributed by atoms with Crippen LogP contribution < -0.4 is 0 Å². The second-order valence-corrected chi connectivity index (χ2v) is 3.22. The third-order valence-corrected chi connectivity index (χ3v) is 2.11. The molecule has 0 aliphatic carbocycles. The molecule has 0 spiro atoms. The molecule has 1 aromatic carbocycles. The van der Waals surface area contributed by atoms with E-state index >= 15 is 0 Å². The molecular formula is C11H6ClN3. The van der Waals surface area contributed by atoms with Gasteiger partial charge >= 0.3 is 0 Å². The molecule has 72 valence electrons. The van der Waals surface area contributed by atoms with E-state index in [9.17, 15) is 0 Å². The van der Waals surface area contributed by atoms with E-state index in [1.807, 2.05) is 36.4 Å². The van der Waals surface area contributed by atoms with Crippen LogP contribution in [0.5, 0.6) is 0 Å². The van der Waals surface area contributed by atoms with Gasteiger partial charge in [-0.05, 0) is 11.6 Å². The summed E-state index contributed by atoms with van der Waals surface area (Å²) in [5, 5.41) is 9.04. The molecule has 4 heteroatoms. The number of nitriles is 1. The predicted octanol–water partition coefficient (Wildman–Crippen LogP) is 2.67. The van der Waals surface area contributed by atoms with Crippen molar-refractivity contribution >= 4 is 11.6 Å². The minimum absolute atomic E-state index is 0.146. The largest absolute Gasteiger partial charge is 0.225 e. The van der Waals surface area contributed by atoms with Gasteiger partial charge in [0.2, 0.25) is 5.28 Å². The van der Waals surface area contributed by atoms with Gasteiger partial charge < -0.3 is 0 Å². The Bertz CT molecular complexity index is 517. The van der Waals surface area contributed by atoms with Gasteiger partial charge in [-0.25, -0.2) is 9.97 Å². The Kier molecular flexibility index (Phi) is 2.61. The quantitative estimate of drug-likeness (QED) is 0.688. The molecule has 1 aromatic heterocycles. The van der Waals surface area contributed by atoms with Gasteiger partial charge in [-0.2, -0.15) is 5.26 Å². The lowest BCUT2D eigenvalue weighted by Gasteiger charge is -2.02. The second-order valence-electron chi connectivity index (χ2n) is 2.88. The Labute approximate surface area is 92.0 Å². The molecule has 0 amide bonds. The standard InChI is InChI=1S/C11H6ClN3/c12-11-14-7-9(6-13)10(15-11)8-4-2-1-3-5-8/h1-5,7H. The lowest BCUT2D eigenvalue weighted by molar-refractivity contribution is 1.16. The molecule has 0 unspecified atom stereocenters. The highest BCUT2D eigenvalue weighted by atomic mass is 35.5. The monoisotopic (exact) mass is 215 g/mol. The van der Waals surface area contributed by atoms with Crippen molar-refractivity contribution in [2.24, 2.45) is 0 Å². The van der Waals surface area contributed by atoms with E-state index in [0.717, 1.165) is 5.56 Å². The van der Waals surface area contributed by atoms with Crippen LogP contribution in [0, 0.1) is 11.3 Å². The van der Waals surface area contributed by atoms with Crippen LogP contribution in [0.4, 0.5) is 0 Å². The van der Waals surface area contributed by atoms with Gasteiger partial charge in [0.15, 0.2) is 0 Å². The number of aromatic nitrogens is 2. The lowest BCUT2D eigenvalue weighted by Crippen LogP contribution is -1.92. The molecule has 0 atom stereocenters. The van der Waals surface area contributed by atoms with Crippen molar-refractivity contribution in [1.29, 1.82) is 5.26 Å². The van der Waals surface area contributed by atoms with Crippen molar-refractivity contribution in [3.63, 3.8) is 0 Å². The number of rotatable bonds is 1. The van der Waals surface area contributed by atoms with E-state index in [-0.39, 0.29) is 5.28 Å². The average molecular weight is 216 g/mol. The summed E-state index contributed by atoms with van der Waals surface area (Å²) in [4.78, 5) is 7.81. The van der Waals surface area contributed by atoms with Gasteiger partial charge in [0.05, 0.1) is 17.5 Å². The molecule has 0 fully saturated rings. The molecule has 0 bridgehead atoms. The van der Waals surface area contributed by atoms with Crippen LogP contribution >= 0.6 is 11.6 Å². The Balaban J connectivity index is 2.62. The van der Waals surface area contributed by atoms with Crippen LogP contribution in [0.25, 0.3) is 11.3 Å². The summed E-state index contributed by atoms with van der Waals surface area (Å²) in [6, 6.07) is 11.5. The summed E-state index contributed by atoms with van der Waals surface area (Å²) < 4.78 is 0. The van der Waals surface area contributed by atoms with E-state index in [0.29, 0.717) is 11.3 Å². The number of benzene rings is 1. The number of nitrogens with zero attached hydrogens (tertiary/aromatic N) is 3. The minimum atomic E-state index is 0.146. The molecule has 0 aliphatic rings. The second kappa shape index (κ2) is 4.07. The summed E-state index contributed by atoms with van der Waals surface area (Å²) in [6.45, 7) is 0. The number of hydrogen-bond acceptors (Lipinski definition) is 3. The molecule has 0 radical (unpaired) electrons. The molecule has 0 aliphatic heterocycles. The zero-order valence-corrected chi connectivity index (χ0v) is 8.44. The highest BCUT2D eigenvalue weighted by molar-refractivity contribution is 6.28.